The molecule has 4 heterocycles. The molecule has 10 heteroatoms. The van der Waals surface area contributed by atoms with E-state index in [9.17, 15) is 9.59 Å². The number of pyridine rings is 3. The van der Waals surface area contributed by atoms with Crippen LogP contribution in [0.5, 0.6) is 11.5 Å². The topological polar surface area (TPSA) is 101 Å². The molecule has 6 rings (SSSR count). The molecule has 0 saturated carbocycles. The Kier molecular flexibility index (Phi) is 16.8. The zero-order chi connectivity index (χ0) is 43.4. The second-order valence-corrected chi connectivity index (χ2v) is 14.6. The molecule has 2 aromatic carbocycles. The fourth-order valence-electron chi connectivity index (χ4n) is 6.75. The van der Waals surface area contributed by atoms with Crippen LogP contribution in [0.3, 0.4) is 0 Å². The summed E-state index contributed by atoms with van der Waals surface area (Å²) in [5, 5.41) is 0. The van der Waals surface area contributed by atoms with Crippen LogP contribution in [0.2, 0.25) is 0 Å². The largest absolute Gasteiger partial charge is 0.493 e. The van der Waals surface area contributed by atoms with Gasteiger partial charge in [0, 0.05) is 94.0 Å². The van der Waals surface area contributed by atoms with Crippen molar-refractivity contribution < 1.29 is 19.1 Å². The SMILES string of the molecule is C#CCCOc1ccc(C#Cc2cc(C=O)nc(CN3CCN(CC=C)Cc4cccc(n4)CN(Cc4cc(C#Cc5ccc(OCCC#C)cc5)cc(C=O)n4)CC3)c2)cc1. The van der Waals surface area contributed by atoms with Crippen molar-refractivity contribution in [3.63, 3.8) is 0 Å². The number of benzene rings is 2. The molecule has 0 atom stereocenters. The standard InChI is InChI=1S/C52H48N6O4/c1-4-7-29-61-51-20-16-41(17-21-51)12-14-43-31-47(54-49(33-43)39-59)37-57-26-25-56(24-6-3)35-45-10-9-11-46(53-45)36-58(28-27-57)38-48-32-44(34-50(40-60)55-48)15-13-42-18-22-52(23-19-42)62-30-8-5-2/h1-2,6,9-11,16-23,31-34,39-40H,3,7-8,24-30,35-38H2. The lowest BCUT2D eigenvalue weighted by molar-refractivity contribution is 0.111. The Morgan fingerprint density at radius 3 is 1.52 bits per heavy atom. The Hall–Kier alpha value is -7.31. The lowest BCUT2D eigenvalue weighted by atomic mass is 10.1. The summed E-state index contributed by atoms with van der Waals surface area (Å²) in [6.07, 6.45) is 15.2. The monoisotopic (exact) mass is 820 g/mol. The molecule has 10 nitrogen and oxygen atoms in total. The van der Waals surface area contributed by atoms with Gasteiger partial charge in [0.05, 0.1) is 36.0 Å². The van der Waals surface area contributed by atoms with Crippen molar-refractivity contribution in [3.8, 4) is 59.9 Å². The quantitative estimate of drug-likeness (QED) is 0.0527. The van der Waals surface area contributed by atoms with E-state index in [0.717, 1.165) is 71.1 Å². The van der Waals surface area contributed by atoms with Gasteiger partial charge < -0.3 is 9.47 Å². The molecule has 3 aromatic heterocycles. The first-order valence-electron chi connectivity index (χ1n) is 20.4. The third kappa shape index (κ3) is 14.2. The summed E-state index contributed by atoms with van der Waals surface area (Å²) in [7, 11) is 0. The van der Waals surface area contributed by atoms with E-state index >= 15 is 0 Å². The van der Waals surface area contributed by atoms with Crippen LogP contribution in [0.25, 0.3) is 0 Å². The Morgan fingerprint density at radius 2 is 1.03 bits per heavy atom. The number of ether oxygens (including phenoxy) is 2. The van der Waals surface area contributed by atoms with Crippen molar-refractivity contribution in [1.82, 2.24) is 29.7 Å². The van der Waals surface area contributed by atoms with Crippen molar-refractivity contribution in [2.24, 2.45) is 0 Å². The second-order valence-electron chi connectivity index (χ2n) is 14.6. The van der Waals surface area contributed by atoms with E-state index < -0.39 is 0 Å². The smallest absolute Gasteiger partial charge is 0.168 e. The van der Waals surface area contributed by atoms with Gasteiger partial charge >= 0.3 is 0 Å². The molecular formula is C52H48N6O4. The van der Waals surface area contributed by atoms with Crippen LogP contribution in [0.15, 0.2) is 104 Å². The van der Waals surface area contributed by atoms with Gasteiger partial charge in [0.15, 0.2) is 12.6 Å². The molecule has 0 fully saturated rings. The molecule has 0 N–H and O–H groups in total. The van der Waals surface area contributed by atoms with E-state index in [2.05, 4.69) is 61.8 Å². The summed E-state index contributed by atoms with van der Waals surface area (Å²) >= 11 is 0. The van der Waals surface area contributed by atoms with Crippen LogP contribution >= 0.6 is 0 Å². The maximum Gasteiger partial charge on any atom is 0.168 e. The molecule has 0 spiro atoms. The molecule has 0 aliphatic carbocycles. The predicted molar refractivity (Wildman–Crippen MR) is 241 cm³/mol. The van der Waals surface area contributed by atoms with Gasteiger partial charge in [-0.25, -0.2) is 9.97 Å². The summed E-state index contributed by atoms with van der Waals surface area (Å²) in [6, 6.07) is 28.4. The number of terminal acetylenes is 2. The summed E-state index contributed by atoms with van der Waals surface area (Å²) in [6.45, 7) is 10.6. The average molecular weight is 821 g/mol. The lowest BCUT2D eigenvalue weighted by Gasteiger charge is -2.31. The number of carbonyl (C=O) groups excluding carboxylic acids is 2. The van der Waals surface area contributed by atoms with Gasteiger partial charge in [-0.2, -0.15) is 0 Å². The molecule has 62 heavy (non-hydrogen) atoms. The van der Waals surface area contributed by atoms with E-state index in [-0.39, 0.29) is 0 Å². The third-order valence-corrected chi connectivity index (χ3v) is 9.74. The molecule has 1 aliphatic heterocycles. The van der Waals surface area contributed by atoms with E-state index in [4.69, 9.17) is 32.3 Å². The number of carbonyl (C=O) groups is 2. The van der Waals surface area contributed by atoms with Crippen LogP contribution in [-0.4, -0.2) is 88.2 Å². The fraction of sp³-hybridized carbons (Fsp3) is 0.250. The van der Waals surface area contributed by atoms with Crippen LogP contribution in [-0.2, 0) is 26.2 Å². The maximum atomic E-state index is 12.1. The molecule has 2 bridgehead atoms. The van der Waals surface area contributed by atoms with Crippen LogP contribution in [0.4, 0.5) is 0 Å². The highest BCUT2D eigenvalue weighted by atomic mass is 16.5. The van der Waals surface area contributed by atoms with Crippen molar-refractivity contribution in [3.05, 3.63) is 160 Å². The number of nitrogens with zero attached hydrogens (tertiary/aromatic N) is 6. The van der Waals surface area contributed by atoms with E-state index in [1.807, 2.05) is 84.9 Å². The highest BCUT2D eigenvalue weighted by molar-refractivity contribution is 5.73. The fourth-order valence-corrected chi connectivity index (χ4v) is 6.75. The maximum absolute atomic E-state index is 12.1. The van der Waals surface area contributed by atoms with Crippen molar-refractivity contribution in [2.75, 3.05) is 45.9 Å². The van der Waals surface area contributed by atoms with Crippen LogP contribution in [0, 0.1) is 48.4 Å². The molecule has 0 radical (unpaired) electrons. The van der Waals surface area contributed by atoms with Crippen LogP contribution < -0.4 is 9.47 Å². The predicted octanol–water partition coefficient (Wildman–Crippen LogP) is 6.61. The van der Waals surface area contributed by atoms with Gasteiger partial charge in [0.1, 0.15) is 22.9 Å². The second kappa shape index (κ2) is 23.5. The first-order chi connectivity index (χ1) is 30.4. The minimum absolute atomic E-state index is 0.310. The number of fused-ring (bicyclic) bond motifs is 2. The molecule has 0 unspecified atom stereocenters. The van der Waals surface area contributed by atoms with Gasteiger partial charge in [-0.3, -0.25) is 29.3 Å². The van der Waals surface area contributed by atoms with Gasteiger partial charge in [0.25, 0.3) is 0 Å². The minimum atomic E-state index is 0.310. The molecule has 0 amide bonds. The van der Waals surface area contributed by atoms with E-state index in [1.54, 1.807) is 12.1 Å². The molecule has 1 aliphatic rings. The van der Waals surface area contributed by atoms with E-state index in [0.29, 0.717) is 94.4 Å². The van der Waals surface area contributed by atoms with Crippen molar-refractivity contribution in [2.45, 2.75) is 39.0 Å². The zero-order valence-corrected chi connectivity index (χ0v) is 34.8. The summed E-state index contributed by atoms with van der Waals surface area (Å²) in [4.78, 5) is 45.6. The Morgan fingerprint density at radius 1 is 0.581 bits per heavy atom. The minimum Gasteiger partial charge on any atom is -0.493 e. The molecular weight excluding hydrogens is 773 g/mol. The van der Waals surface area contributed by atoms with Gasteiger partial charge in [-0.05, 0) is 84.9 Å². The van der Waals surface area contributed by atoms with Crippen LogP contribution in [0.1, 0.15) is 78.8 Å². The first-order valence-corrected chi connectivity index (χ1v) is 20.4. The zero-order valence-electron chi connectivity index (χ0n) is 34.8. The highest BCUT2D eigenvalue weighted by Crippen LogP contribution is 2.17. The number of rotatable bonds is 14. The lowest BCUT2D eigenvalue weighted by Crippen LogP contribution is -2.40. The average Bonchev–Trinajstić information content (AvgIpc) is 3.29. The highest BCUT2D eigenvalue weighted by Gasteiger charge is 2.18. The number of aldehydes is 2. The van der Waals surface area contributed by atoms with Crippen molar-refractivity contribution >= 4 is 12.6 Å². The molecule has 5 aromatic rings. The van der Waals surface area contributed by atoms with Gasteiger partial charge in [-0.1, -0.05) is 35.8 Å². The first kappa shape index (κ1) is 44.2. The summed E-state index contributed by atoms with van der Waals surface area (Å²) < 4.78 is 11.3. The number of aromatic nitrogens is 3. The third-order valence-electron chi connectivity index (χ3n) is 9.74. The molecule has 0 saturated heterocycles. The van der Waals surface area contributed by atoms with Gasteiger partial charge in [0.2, 0.25) is 0 Å². The van der Waals surface area contributed by atoms with E-state index in [1.165, 1.54) is 0 Å². The summed E-state index contributed by atoms with van der Waals surface area (Å²) in [5.74, 6) is 19.4. The number of hydrogen-bond acceptors (Lipinski definition) is 10. The van der Waals surface area contributed by atoms with Gasteiger partial charge in [-0.15, -0.1) is 31.3 Å². The Balaban J connectivity index is 1.23. The Bertz CT molecular complexity index is 2530. The summed E-state index contributed by atoms with van der Waals surface area (Å²) in [5.41, 5.74) is 6.99. The number of hydrogen-bond donors (Lipinski definition) is 0. The normalized spacial score (nSPS) is 13.3. The van der Waals surface area contributed by atoms with Crippen molar-refractivity contribution in [1.29, 1.82) is 0 Å². The Labute approximate surface area is 365 Å². The molecule has 310 valence electrons.